The summed E-state index contributed by atoms with van der Waals surface area (Å²) in [7, 11) is 0. The fourth-order valence-electron chi connectivity index (χ4n) is 4.99. The highest BCUT2D eigenvalue weighted by molar-refractivity contribution is 6.33. The van der Waals surface area contributed by atoms with Gasteiger partial charge in [-0.1, -0.05) is 23.2 Å². The molecule has 4 saturated carbocycles. The van der Waals surface area contributed by atoms with Crippen molar-refractivity contribution >= 4 is 29.1 Å². The summed E-state index contributed by atoms with van der Waals surface area (Å²) in [6.07, 6.45) is 6.57. The van der Waals surface area contributed by atoms with E-state index >= 15 is 0 Å². The van der Waals surface area contributed by atoms with Crippen molar-refractivity contribution in [2.45, 2.75) is 38.1 Å². The van der Waals surface area contributed by atoms with Crippen LogP contribution in [-0.4, -0.2) is 16.9 Å². The first-order valence-electron chi connectivity index (χ1n) is 7.72. The van der Waals surface area contributed by atoms with Crippen LogP contribution in [0.25, 0.3) is 0 Å². The van der Waals surface area contributed by atoms with Gasteiger partial charge < -0.3 is 5.32 Å². The molecule has 21 heavy (non-hydrogen) atoms. The van der Waals surface area contributed by atoms with E-state index in [-0.39, 0.29) is 16.2 Å². The van der Waals surface area contributed by atoms with Crippen molar-refractivity contribution in [1.82, 2.24) is 10.3 Å². The molecule has 4 aliphatic carbocycles. The zero-order valence-electron chi connectivity index (χ0n) is 11.7. The van der Waals surface area contributed by atoms with Crippen LogP contribution in [0.5, 0.6) is 0 Å². The van der Waals surface area contributed by atoms with Gasteiger partial charge in [0.25, 0.3) is 5.91 Å². The first-order valence-corrected chi connectivity index (χ1v) is 8.48. The molecule has 5 rings (SSSR count). The Balaban J connectivity index is 1.52. The summed E-state index contributed by atoms with van der Waals surface area (Å²) in [6, 6.07) is 3.49. The number of hydrogen-bond acceptors (Lipinski definition) is 2. The maximum atomic E-state index is 12.5. The summed E-state index contributed by atoms with van der Waals surface area (Å²) in [5.41, 5.74) is 0.508. The third kappa shape index (κ3) is 2.55. The normalized spacial score (nSPS) is 36.8. The molecule has 1 aromatic rings. The molecule has 112 valence electrons. The first kappa shape index (κ1) is 13.8. The van der Waals surface area contributed by atoms with Gasteiger partial charge in [-0.2, -0.15) is 0 Å². The van der Waals surface area contributed by atoms with E-state index in [2.05, 4.69) is 10.3 Å². The fraction of sp³-hybridized carbons (Fsp3) is 0.625. The second kappa shape index (κ2) is 5.13. The third-order valence-corrected chi connectivity index (χ3v) is 5.94. The third-order valence-electron chi connectivity index (χ3n) is 5.55. The number of carbonyl (C=O) groups excluding carboxylic acids is 1. The summed E-state index contributed by atoms with van der Waals surface area (Å²) in [6.45, 7) is 0. The molecule has 1 amide bonds. The molecular weight excluding hydrogens is 307 g/mol. The first-order chi connectivity index (χ1) is 10.1. The number of nitrogens with zero attached hydrogens (tertiary/aromatic N) is 1. The molecule has 3 nitrogen and oxygen atoms in total. The van der Waals surface area contributed by atoms with Gasteiger partial charge in [0, 0.05) is 11.6 Å². The smallest absolute Gasteiger partial charge is 0.251 e. The average Bonchev–Trinajstić information content (AvgIpc) is 2.40. The molecular formula is C16H18Cl2N2O. The second-order valence-corrected chi connectivity index (χ2v) is 7.71. The van der Waals surface area contributed by atoms with Crippen LogP contribution in [-0.2, 0) is 0 Å². The zero-order chi connectivity index (χ0) is 14.6. The van der Waals surface area contributed by atoms with Gasteiger partial charge in [0.2, 0.25) is 0 Å². The van der Waals surface area contributed by atoms with Crippen molar-refractivity contribution in [2.24, 2.45) is 23.7 Å². The van der Waals surface area contributed by atoms with E-state index in [1.54, 1.807) is 12.1 Å². The molecule has 0 unspecified atom stereocenters. The van der Waals surface area contributed by atoms with Gasteiger partial charge in [-0.3, -0.25) is 4.79 Å². The number of hydrogen-bond donors (Lipinski definition) is 1. The molecule has 4 bridgehead atoms. The SMILES string of the molecule is O=C(NC1C2CC3CC(C2)CC1C3)c1cc(Cl)nc(Cl)c1. The topological polar surface area (TPSA) is 42.0 Å². The van der Waals surface area contributed by atoms with Crippen molar-refractivity contribution in [2.75, 3.05) is 0 Å². The Morgan fingerprint density at radius 3 is 2.05 bits per heavy atom. The molecule has 0 saturated heterocycles. The van der Waals surface area contributed by atoms with Gasteiger partial charge in [0.05, 0.1) is 0 Å². The van der Waals surface area contributed by atoms with Crippen molar-refractivity contribution in [3.63, 3.8) is 0 Å². The van der Waals surface area contributed by atoms with Gasteiger partial charge in [-0.05, 0) is 67.9 Å². The largest absolute Gasteiger partial charge is 0.349 e. The van der Waals surface area contributed by atoms with E-state index in [0.29, 0.717) is 23.4 Å². The monoisotopic (exact) mass is 324 g/mol. The van der Waals surface area contributed by atoms with E-state index < -0.39 is 0 Å². The van der Waals surface area contributed by atoms with Gasteiger partial charge >= 0.3 is 0 Å². The molecule has 1 heterocycles. The summed E-state index contributed by atoms with van der Waals surface area (Å²) in [5.74, 6) is 3.07. The minimum atomic E-state index is -0.0707. The lowest BCUT2D eigenvalue weighted by Crippen LogP contribution is -2.55. The molecule has 4 aliphatic rings. The van der Waals surface area contributed by atoms with E-state index in [0.717, 1.165) is 11.8 Å². The second-order valence-electron chi connectivity index (χ2n) is 6.93. The highest BCUT2D eigenvalue weighted by Crippen LogP contribution is 2.53. The quantitative estimate of drug-likeness (QED) is 0.837. The number of rotatable bonds is 2. The number of pyridine rings is 1. The van der Waals surface area contributed by atoms with Gasteiger partial charge in [0.1, 0.15) is 10.3 Å². The Morgan fingerprint density at radius 2 is 1.52 bits per heavy atom. The molecule has 1 aromatic heterocycles. The fourth-order valence-corrected chi connectivity index (χ4v) is 5.45. The van der Waals surface area contributed by atoms with Crippen LogP contribution in [0, 0.1) is 23.7 Å². The summed E-state index contributed by atoms with van der Waals surface area (Å²) >= 11 is 11.8. The van der Waals surface area contributed by atoms with Gasteiger partial charge in [-0.15, -0.1) is 0 Å². The van der Waals surface area contributed by atoms with Crippen LogP contribution < -0.4 is 5.32 Å². The van der Waals surface area contributed by atoms with Crippen LogP contribution in [0.1, 0.15) is 42.5 Å². The maximum absolute atomic E-state index is 12.5. The Bertz CT molecular complexity index is 541. The Hall–Kier alpha value is -0.800. The van der Waals surface area contributed by atoms with Gasteiger partial charge in [-0.25, -0.2) is 4.98 Å². The summed E-state index contributed by atoms with van der Waals surface area (Å²) in [5, 5.41) is 3.77. The van der Waals surface area contributed by atoms with E-state index in [1.165, 1.54) is 32.1 Å². The molecule has 0 atom stereocenters. The molecule has 4 fully saturated rings. The van der Waals surface area contributed by atoms with Crippen LogP contribution in [0.15, 0.2) is 12.1 Å². The molecule has 0 radical (unpaired) electrons. The molecule has 0 aliphatic heterocycles. The molecule has 5 heteroatoms. The Labute approximate surface area is 134 Å². The summed E-state index contributed by atoms with van der Waals surface area (Å²) < 4.78 is 0. The minimum absolute atomic E-state index is 0.0707. The number of carbonyl (C=O) groups is 1. The van der Waals surface area contributed by atoms with Crippen LogP contribution in [0.3, 0.4) is 0 Å². The lowest BCUT2D eigenvalue weighted by Gasteiger charge is -2.54. The molecule has 1 N–H and O–H groups in total. The molecule has 0 spiro atoms. The number of aromatic nitrogens is 1. The minimum Gasteiger partial charge on any atom is -0.349 e. The lowest BCUT2D eigenvalue weighted by atomic mass is 9.54. The highest BCUT2D eigenvalue weighted by atomic mass is 35.5. The van der Waals surface area contributed by atoms with Crippen LogP contribution in [0.2, 0.25) is 10.3 Å². The van der Waals surface area contributed by atoms with Crippen molar-refractivity contribution in [1.29, 1.82) is 0 Å². The number of amides is 1. The van der Waals surface area contributed by atoms with Crippen molar-refractivity contribution in [3.05, 3.63) is 28.0 Å². The number of nitrogens with one attached hydrogen (secondary N) is 1. The van der Waals surface area contributed by atoms with E-state index in [1.807, 2.05) is 0 Å². The van der Waals surface area contributed by atoms with Gasteiger partial charge in [0.15, 0.2) is 0 Å². The van der Waals surface area contributed by atoms with E-state index in [4.69, 9.17) is 23.2 Å². The Morgan fingerprint density at radius 1 is 1.00 bits per heavy atom. The van der Waals surface area contributed by atoms with Crippen LogP contribution in [0.4, 0.5) is 0 Å². The Kier molecular flexibility index (Phi) is 3.38. The van der Waals surface area contributed by atoms with E-state index in [9.17, 15) is 4.79 Å². The standard InChI is InChI=1S/C16H18Cl2N2O/c17-13-6-12(7-14(18)19-13)16(21)20-15-10-2-8-1-9(4-10)5-11(15)3-8/h6-11,15H,1-5H2,(H,20,21). The number of halogens is 2. The predicted molar refractivity (Wildman–Crippen MR) is 82.6 cm³/mol. The lowest BCUT2D eigenvalue weighted by molar-refractivity contribution is -0.0119. The highest BCUT2D eigenvalue weighted by Gasteiger charge is 2.48. The zero-order valence-corrected chi connectivity index (χ0v) is 13.2. The van der Waals surface area contributed by atoms with Crippen LogP contribution >= 0.6 is 23.2 Å². The summed E-state index contributed by atoms with van der Waals surface area (Å²) in [4.78, 5) is 16.4. The van der Waals surface area contributed by atoms with Crippen molar-refractivity contribution in [3.8, 4) is 0 Å². The predicted octanol–water partition coefficient (Wildman–Crippen LogP) is 3.94. The molecule has 0 aromatic carbocycles. The van der Waals surface area contributed by atoms with Crippen molar-refractivity contribution < 1.29 is 4.79 Å². The average molecular weight is 325 g/mol. The maximum Gasteiger partial charge on any atom is 0.251 e.